The van der Waals surface area contributed by atoms with Crippen molar-refractivity contribution in [3.63, 3.8) is 0 Å². The van der Waals surface area contributed by atoms with Crippen LogP contribution in [0, 0.1) is 0 Å². The Labute approximate surface area is 248 Å². The summed E-state index contributed by atoms with van der Waals surface area (Å²) in [5.41, 5.74) is 2.10. The quantitative estimate of drug-likeness (QED) is 0.0791. The van der Waals surface area contributed by atoms with Crippen LogP contribution >= 0.6 is 0 Å². The van der Waals surface area contributed by atoms with E-state index in [1.54, 1.807) is 36.4 Å². The lowest BCUT2D eigenvalue weighted by molar-refractivity contribution is -0.146. The number of hydrogen-bond donors (Lipinski definition) is 0. The molecule has 0 aliphatic rings. The number of esters is 2. The van der Waals surface area contributed by atoms with Crippen LogP contribution in [0.3, 0.4) is 0 Å². The second kappa shape index (κ2) is 18.8. The normalized spacial score (nSPS) is 12.8. The van der Waals surface area contributed by atoms with E-state index in [-0.39, 0.29) is 0 Å². The average molecular weight is 577 g/mol. The molecule has 0 bridgehead atoms. The minimum absolute atomic E-state index is 0.365. The van der Waals surface area contributed by atoms with E-state index < -0.39 is 24.1 Å². The molecule has 0 heterocycles. The highest BCUT2D eigenvalue weighted by atomic mass is 16.6. The van der Waals surface area contributed by atoms with Crippen molar-refractivity contribution in [2.75, 3.05) is 13.2 Å². The predicted molar refractivity (Wildman–Crippen MR) is 161 cm³/mol. The van der Waals surface area contributed by atoms with Crippen LogP contribution in [-0.2, 0) is 19.1 Å². The predicted octanol–water partition coefficient (Wildman–Crippen LogP) is 7.25. The molecule has 0 amide bonds. The third kappa shape index (κ3) is 10.8. The molecule has 2 rings (SSSR count). The lowest BCUT2D eigenvalue weighted by Crippen LogP contribution is -2.13. The number of benzene rings is 2. The summed E-state index contributed by atoms with van der Waals surface area (Å²) >= 11 is 0. The number of ether oxygens (including phenoxy) is 4. The van der Waals surface area contributed by atoms with Crippen molar-refractivity contribution in [3.8, 4) is 11.5 Å². The molecule has 0 radical (unpaired) electrons. The smallest absolute Gasteiger partial charge is 0.331 e. The Morgan fingerprint density at radius 1 is 0.643 bits per heavy atom. The Morgan fingerprint density at radius 3 is 1.38 bits per heavy atom. The van der Waals surface area contributed by atoms with Crippen molar-refractivity contribution in [2.24, 2.45) is 0 Å². The Kier molecular flexibility index (Phi) is 15.1. The van der Waals surface area contributed by atoms with Crippen LogP contribution in [0.25, 0.3) is 0 Å². The minimum atomic E-state index is -0.739. The van der Waals surface area contributed by atoms with Gasteiger partial charge in [0.2, 0.25) is 0 Å². The summed E-state index contributed by atoms with van der Waals surface area (Å²) in [5, 5.41) is 0. The topological polar surface area (TPSA) is 105 Å². The molecule has 0 saturated carbocycles. The highest BCUT2D eigenvalue weighted by Gasteiger charge is 2.22. The fraction of sp³-hybridized carbons (Fsp3) is 0.353. The van der Waals surface area contributed by atoms with Gasteiger partial charge in [-0.1, -0.05) is 62.4 Å². The van der Waals surface area contributed by atoms with Gasteiger partial charge in [0.25, 0.3) is 0 Å². The van der Waals surface area contributed by atoms with Crippen molar-refractivity contribution in [2.45, 2.75) is 65.6 Å². The van der Waals surface area contributed by atoms with Crippen molar-refractivity contribution in [3.05, 3.63) is 95.1 Å². The van der Waals surface area contributed by atoms with E-state index >= 15 is 0 Å². The SMILES string of the molecule is CC/C=C\CC(OC(=O)/C=C/C(=O)OC(C/C=C/CC)c1ccc(C=O)cc1OCC)c1ccc(C=O)cc1OCC. The summed E-state index contributed by atoms with van der Waals surface area (Å²) in [7, 11) is 0. The molecule has 2 unspecified atom stereocenters. The van der Waals surface area contributed by atoms with Crippen LogP contribution in [-0.4, -0.2) is 37.7 Å². The summed E-state index contributed by atoms with van der Waals surface area (Å²) in [6, 6.07) is 9.88. The van der Waals surface area contributed by atoms with Gasteiger partial charge >= 0.3 is 11.9 Å². The van der Waals surface area contributed by atoms with Gasteiger partial charge in [-0.15, -0.1) is 0 Å². The van der Waals surface area contributed by atoms with Crippen molar-refractivity contribution < 1.29 is 38.1 Å². The fourth-order valence-corrected chi connectivity index (χ4v) is 4.09. The third-order valence-corrected chi connectivity index (χ3v) is 6.02. The molecule has 8 nitrogen and oxygen atoms in total. The molecule has 224 valence electrons. The first-order chi connectivity index (χ1) is 20.4. The maximum absolute atomic E-state index is 12.8. The minimum Gasteiger partial charge on any atom is -0.493 e. The number of hydrogen-bond acceptors (Lipinski definition) is 8. The van der Waals surface area contributed by atoms with Gasteiger partial charge in [-0.05, 0) is 38.8 Å². The number of allylic oxidation sites excluding steroid dienone is 2. The molecule has 0 fully saturated rings. The summed E-state index contributed by atoms with van der Waals surface area (Å²) in [6.45, 7) is 8.37. The molecule has 0 saturated heterocycles. The molecule has 0 aliphatic heterocycles. The second-order valence-corrected chi connectivity index (χ2v) is 9.11. The zero-order chi connectivity index (χ0) is 30.7. The van der Waals surface area contributed by atoms with Crippen molar-refractivity contribution in [1.29, 1.82) is 0 Å². The van der Waals surface area contributed by atoms with E-state index in [2.05, 4.69) is 0 Å². The Bertz CT molecular complexity index is 1180. The molecule has 0 aromatic heterocycles. The first-order valence-corrected chi connectivity index (χ1v) is 14.2. The zero-order valence-electron chi connectivity index (χ0n) is 24.7. The van der Waals surface area contributed by atoms with Gasteiger partial charge in [0.15, 0.2) is 0 Å². The van der Waals surface area contributed by atoms with Crippen LogP contribution in [0.1, 0.15) is 97.4 Å². The van der Waals surface area contributed by atoms with Gasteiger partial charge < -0.3 is 18.9 Å². The lowest BCUT2D eigenvalue weighted by atomic mass is 10.0. The van der Waals surface area contributed by atoms with Crippen LogP contribution in [0.4, 0.5) is 0 Å². The molecule has 2 aromatic carbocycles. The Balaban J connectivity index is 2.26. The molecule has 0 N–H and O–H groups in total. The lowest BCUT2D eigenvalue weighted by Gasteiger charge is -2.20. The number of carbonyl (C=O) groups is 4. The second-order valence-electron chi connectivity index (χ2n) is 9.11. The first kappa shape index (κ1) is 33.7. The summed E-state index contributed by atoms with van der Waals surface area (Å²) < 4.78 is 22.9. The largest absolute Gasteiger partial charge is 0.493 e. The van der Waals surface area contributed by atoms with Crippen LogP contribution in [0.2, 0.25) is 0 Å². The van der Waals surface area contributed by atoms with Gasteiger partial charge in [0, 0.05) is 47.2 Å². The van der Waals surface area contributed by atoms with E-state index in [0.717, 1.165) is 37.6 Å². The van der Waals surface area contributed by atoms with E-state index in [1.165, 1.54) is 0 Å². The van der Waals surface area contributed by atoms with E-state index in [0.29, 0.717) is 59.8 Å². The molecule has 2 aromatic rings. The van der Waals surface area contributed by atoms with E-state index in [1.807, 2.05) is 52.0 Å². The standard InChI is InChI=1S/C34H40O8/c1-5-9-11-13-29(27-17-15-25(23-35)21-31(27)39-7-3)41-33(37)19-20-34(38)42-30(14-12-10-6-2)28-18-16-26(24-36)22-32(28)40-8-4/h9-12,15-24,29-30H,5-8,13-14H2,1-4H3/b11-9-,12-10+,20-19+. The number of aldehydes is 2. The van der Waals surface area contributed by atoms with Crippen LogP contribution in [0.5, 0.6) is 11.5 Å². The first-order valence-electron chi connectivity index (χ1n) is 14.2. The molecule has 2 atom stereocenters. The van der Waals surface area contributed by atoms with Gasteiger partial charge in [-0.2, -0.15) is 0 Å². The van der Waals surface area contributed by atoms with Crippen LogP contribution in [0.15, 0.2) is 72.9 Å². The Hall–Kier alpha value is -4.46. The molecule has 0 spiro atoms. The zero-order valence-corrected chi connectivity index (χ0v) is 24.7. The summed E-state index contributed by atoms with van der Waals surface area (Å²) in [4.78, 5) is 48.2. The highest BCUT2D eigenvalue weighted by Crippen LogP contribution is 2.33. The molecule has 8 heteroatoms. The third-order valence-electron chi connectivity index (χ3n) is 6.02. The van der Waals surface area contributed by atoms with Crippen molar-refractivity contribution in [1.82, 2.24) is 0 Å². The molecular weight excluding hydrogens is 536 g/mol. The maximum atomic E-state index is 12.8. The molecule has 42 heavy (non-hydrogen) atoms. The fourth-order valence-electron chi connectivity index (χ4n) is 4.09. The van der Waals surface area contributed by atoms with E-state index in [9.17, 15) is 19.2 Å². The van der Waals surface area contributed by atoms with Crippen LogP contribution < -0.4 is 9.47 Å². The highest BCUT2D eigenvalue weighted by molar-refractivity contribution is 5.92. The monoisotopic (exact) mass is 576 g/mol. The van der Waals surface area contributed by atoms with Gasteiger partial charge in [-0.3, -0.25) is 9.59 Å². The maximum Gasteiger partial charge on any atom is 0.331 e. The summed E-state index contributed by atoms with van der Waals surface area (Å²) in [5.74, 6) is -0.586. The molecular formula is C34H40O8. The van der Waals surface area contributed by atoms with Gasteiger partial charge in [0.05, 0.1) is 13.2 Å². The number of rotatable bonds is 18. The van der Waals surface area contributed by atoms with Crippen molar-refractivity contribution >= 4 is 24.5 Å². The average Bonchev–Trinajstić information content (AvgIpc) is 2.99. The Morgan fingerprint density at radius 2 is 1.05 bits per heavy atom. The summed E-state index contributed by atoms with van der Waals surface area (Å²) in [6.07, 6.45) is 12.2. The molecule has 0 aliphatic carbocycles. The van der Waals surface area contributed by atoms with Gasteiger partial charge in [0.1, 0.15) is 36.3 Å². The number of carbonyl (C=O) groups excluding carboxylic acids is 4. The van der Waals surface area contributed by atoms with Gasteiger partial charge in [-0.25, -0.2) is 9.59 Å². The van der Waals surface area contributed by atoms with E-state index in [4.69, 9.17) is 18.9 Å².